The number of carbonyl (C=O) groups excluding carboxylic acids is 1. The van der Waals surface area contributed by atoms with Crippen molar-refractivity contribution in [3.63, 3.8) is 0 Å². The van der Waals surface area contributed by atoms with Crippen LogP contribution < -0.4 is 15.0 Å². The van der Waals surface area contributed by atoms with Gasteiger partial charge in [-0.05, 0) is 60.4 Å². The monoisotopic (exact) mass is 473 g/mol. The summed E-state index contributed by atoms with van der Waals surface area (Å²) in [6.07, 6.45) is 0.476. The van der Waals surface area contributed by atoms with Gasteiger partial charge in [0.1, 0.15) is 18.2 Å². The first kappa shape index (κ1) is 23.4. The Bertz CT molecular complexity index is 1220. The zero-order valence-corrected chi connectivity index (χ0v) is 20.4. The fourth-order valence-corrected chi connectivity index (χ4v) is 4.99. The van der Waals surface area contributed by atoms with Crippen LogP contribution >= 0.6 is 0 Å². The Hall–Kier alpha value is -3.38. The van der Waals surface area contributed by atoms with Gasteiger partial charge >= 0.3 is 0 Å². The molecule has 5 nitrogen and oxygen atoms in total. The molecule has 0 saturated carbocycles. The van der Waals surface area contributed by atoms with Gasteiger partial charge < -0.3 is 19.9 Å². The lowest BCUT2D eigenvalue weighted by atomic mass is 9.99. The fourth-order valence-electron chi connectivity index (χ4n) is 4.99. The van der Waals surface area contributed by atoms with Crippen LogP contribution in [0, 0.1) is 12.7 Å². The Morgan fingerprint density at radius 1 is 1.00 bits per heavy atom. The van der Waals surface area contributed by atoms with Gasteiger partial charge in [0.15, 0.2) is 0 Å². The van der Waals surface area contributed by atoms with E-state index in [-0.39, 0.29) is 11.7 Å². The standard InChI is InChI=1S/C29H32FN3O2/c1-3-25-26(10-4-20(2)28(25)30)29(34)33-16-17-35-27-11-7-22(18-23(27)19-33)21-5-8-24(9-6-21)32-14-12-31-13-15-32/h4-11,18,31H,3,12-17,19H2,1-2H3. The predicted molar refractivity (Wildman–Crippen MR) is 138 cm³/mol. The lowest BCUT2D eigenvalue weighted by Gasteiger charge is -2.29. The fraction of sp³-hybridized carbons (Fsp3) is 0.345. The lowest BCUT2D eigenvalue weighted by Crippen LogP contribution is -2.43. The molecule has 2 aliphatic rings. The van der Waals surface area contributed by atoms with Crippen LogP contribution in [-0.4, -0.2) is 50.1 Å². The molecule has 0 atom stereocenters. The van der Waals surface area contributed by atoms with Crippen molar-refractivity contribution in [2.24, 2.45) is 0 Å². The van der Waals surface area contributed by atoms with Crippen LogP contribution in [-0.2, 0) is 13.0 Å². The molecule has 0 aliphatic carbocycles. The zero-order valence-electron chi connectivity index (χ0n) is 20.4. The van der Waals surface area contributed by atoms with Crippen molar-refractivity contribution >= 4 is 11.6 Å². The van der Waals surface area contributed by atoms with Crippen LogP contribution in [0.1, 0.15) is 34.0 Å². The van der Waals surface area contributed by atoms with Crippen molar-refractivity contribution in [3.05, 3.63) is 82.7 Å². The number of rotatable bonds is 4. The number of aryl methyl sites for hydroxylation is 1. The summed E-state index contributed by atoms with van der Waals surface area (Å²) in [7, 11) is 0. The molecule has 182 valence electrons. The maximum absolute atomic E-state index is 14.7. The highest BCUT2D eigenvalue weighted by molar-refractivity contribution is 5.96. The second-order valence-electron chi connectivity index (χ2n) is 9.26. The third kappa shape index (κ3) is 4.76. The van der Waals surface area contributed by atoms with Gasteiger partial charge in [-0.25, -0.2) is 4.39 Å². The Balaban J connectivity index is 1.39. The number of fused-ring (bicyclic) bond motifs is 1. The molecule has 1 saturated heterocycles. The summed E-state index contributed by atoms with van der Waals surface area (Å²) in [5, 5.41) is 3.39. The van der Waals surface area contributed by atoms with E-state index in [9.17, 15) is 9.18 Å². The second kappa shape index (κ2) is 10.1. The highest BCUT2D eigenvalue weighted by Gasteiger charge is 2.24. The van der Waals surface area contributed by atoms with E-state index >= 15 is 0 Å². The van der Waals surface area contributed by atoms with Gasteiger partial charge in [0.2, 0.25) is 0 Å². The topological polar surface area (TPSA) is 44.8 Å². The Labute approximate surface area is 206 Å². The summed E-state index contributed by atoms with van der Waals surface area (Å²) in [6, 6.07) is 18.3. The molecule has 5 rings (SSSR count). The highest BCUT2D eigenvalue weighted by atomic mass is 19.1. The summed E-state index contributed by atoms with van der Waals surface area (Å²) < 4.78 is 20.7. The van der Waals surface area contributed by atoms with Crippen molar-refractivity contribution in [2.75, 3.05) is 44.2 Å². The molecular weight excluding hydrogens is 441 g/mol. The minimum Gasteiger partial charge on any atom is -0.491 e. The second-order valence-corrected chi connectivity index (χ2v) is 9.26. The van der Waals surface area contributed by atoms with Gasteiger partial charge in [0.05, 0.1) is 6.54 Å². The van der Waals surface area contributed by atoms with Crippen molar-refractivity contribution < 1.29 is 13.9 Å². The number of piperazine rings is 1. The molecule has 2 aliphatic heterocycles. The van der Waals surface area contributed by atoms with E-state index < -0.39 is 0 Å². The Morgan fingerprint density at radius 2 is 1.74 bits per heavy atom. The number of hydrogen-bond acceptors (Lipinski definition) is 4. The SMILES string of the molecule is CCc1c(C(=O)N2CCOc3ccc(-c4ccc(N5CCNCC5)cc4)cc3C2)ccc(C)c1F. The molecule has 0 aromatic heterocycles. The van der Waals surface area contributed by atoms with Gasteiger partial charge in [0, 0.05) is 55.1 Å². The number of benzene rings is 3. The highest BCUT2D eigenvalue weighted by Crippen LogP contribution is 2.31. The van der Waals surface area contributed by atoms with Crippen LogP contribution in [0.4, 0.5) is 10.1 Å². The van der Waals surface area contributed by atoms with Crippen LogP contribution in [0.2, 0.25) is 0 Å². The number of halogens is 1. The predicted octanol–water partition coefficient (Wildman–Crippen LogP) is 4.81. The van der Waals surface area contributed by atoms with Gasteiger partial charge in [-0.15, -0.1) is 0 Å². The van der Waals surface area contributed by atoms with Crippen molar-refractivity contribution in [1.82, 2.24) is 10.2 Å². The first-order valence-electron chi connectivity index (χ1n) is 12.4. The summed E-state index contributed by atoms with van der Waals surface area (Å²) in [4.78, 5) is 17.6. The molecule has 0 bridgehead atoms. The normalized spacial score (nSPS) is 15.9. The van der Waals surface area contributed by atoms with Gasteiger partial charge in [-0.1, -0.05) is 31.2 Å². The van der Waals surface area contributed by atoms with Gasteiger partial charge in [0.25, 0.3) is 5.91 Å². The quantitative estimate of drug-likeness (QED) is 0.591. The third-order valence-electron chi connectivity index (χ3n) is 7.03. The smallest absolute Gasteiger partial charge is 0.254 e. The Kier molecular flexibility index (Phi) is 6.73. The maximum Gasteiger partial charge on any atom is 0.254 e. The molecule has 0 spiro atoms. The first-order valence-corrected chi connectivity index (χ1v) is 12.4. The van der Waals surface area contributed by atoms with E-state index in [2.05, 4.69) is 46.6 Å². The van der Waals surface area contributed by atoms with Gasteiger partial charge in [-0.2, -0.15) is 0 Å². The number of nitrogens with zero attached hydrogens (tertiary/aromatic N) is 2. The molecule has 0 unspecified atom stereocenters. The van der Waals surface area contributed by atoms with Crippen molar-refractivity contribution in [1.29, 1.82) is 0 Å². The number of carbonyl (C=O) groups is 1. The van der Waals surface area contributed by atoms with Crippen molar-refractivity contribution in [2.45, 2.75) is 26.8 Å². The molecule has 0 radical (unpaired) electrons. The van der Waals surface area contributed by atoms with E-state index in [1.807, 2.05) is 13.0 Å². The minimum atomic E-state index is -0.281. The molecule has 2 heterocycles. The molecule has 6 heteroatoms. The van der Waals surface area contributed by atoms with Gasteiger partial charge in [-0.3, -0.25) is 4.79 Å². The molecule has 3 aromatic carbocycles. The van der Waals surface area contributed by atoms with E-state index in [0.717, 1.165) is 48.6 Å². The van der Waals surface area contributed by atoms with Crippen LogP contribution in [0.3, 0.4) is 0 Å². The number of anilines is 1. The van der Waals surface area contributed by atoms with Crippen LogP contribution in [0.15, 0.2) is 54.6 Å². The number of amides is 1. The molecule has 35 heavy (non-hydrogen) atoms. The molecule has 3 aromatic rings. The summed E-state index contributed by atoms with van der Waals surface area (Å²) in [5.74, 6) is 0.367. The molecular formula is C29H32FN3O2. The van der Waals surface area contributed by atoms with E-state index in [1.165, 1.54) is 5.69 Å². The average Bonchev–Trinajstić information content (AvgIpc) is 3.12. The Morgan fingerprint density at radius 3 is 2.49 bits per heavy atom. The summed E-state index contributed by atoms with van der Waals surface area (Å²) in [6.45, 7) is 8.97. The van der Waals surface area contributed by atoms with Crippen LogP contribution in [0.25, 0.3) is 11.1 Å². The first-order chi connectivity index (χ1) is 17.0. The zero-order chi connectivity index (χ0) is 24.4. The molecule has 1 N–H and O–H groups in total. The minimum absolute atomic E-state index is 0.150. The van der Waals surface area contributed by atoms with E-state index in [1.54, 1.807) is 24.0 Å². The maximum atomic E-state index is 14.7. The van der Waals surface area contributed by atoms with E-state index in [4.69, 9.17) is 4.74 Å². The summed E-state index contributed by atoms with van der Waals surface area (Å²) in [5.41, 5.74) is 5.91. The summed E-state index contributed by atoms with van der Waals surface area (Å²) >= 11 is 0. The lowest BCUT2D eigenvalue weighted by molar-refractivity contribution is 0.0731. The van der Waals surface area contributed by atoms with Crippen molar-refractivity contribution in [3.8, 4) is 16.9 Å². The molecule has 1 fully saturated rings. The average molecular weight is 474 g/mol. The van der Waals surface area contributed by atoms with E-state index in [0.29, 0.717) is 42.8 Å². The number of hydrogen-bond donors (Lipinski definition) is 1. The largest absolute Gasteiger partial charge is 0.491 e. The molecule has 1 amide bonds. The number of nitrogens with one attached hydrogen (secondary N) is 1. The van der Waals surface area contributed by atoms with Crippen LogP contribution in [0.5, 0.6) is 5.75 Å². The third-order valence-corrected chi connectivity index (χ3v) is 7.03. The number of ether oxygens (including phenoxy) is 1.